The van der Waals surface area contributed by atoms with Crippen molar-refractivity contribution < 1.29 is 8.78 Å². The van der Waals surface area contributed by atoms with Gasteiger partial charge in [-0.1, -0.05) is 30.3 Å². The quantitative estimate of drug-likeness (QED) is 0.665. The van der Waals surface area contributed by atoms with Gasteiger partial charge in [-0.05, 0) is 22.0 Å². The van der Waals surface area contributed by atoms with Gasteiger partial charge in [-0.2, -0.15) is 0 Å². The van der Waals surface area contributed by atoms with Crippen molar-refractivity contribution in [3.05, 3.63) is 64.1 Å². The van der Waals surface area contributed by atoms with E-state index in [1.165, 1.54) is 0 Å². The van der Waals surface area contributed by atoms with Crippen LogP contribution in [0.2, 0.25) is 0 Å². The third-order valence-corrected chi connectivity index (χ3v) is 2.89. The molecule has 2 N–H and O–H groups in total. The van der Waals surface area contributed by atoms with Crippen LogP contribution in [-0.2, 0) is 0 Å². The fraction of sp³-hybridized carbons (Fsp3) is 0. The Morgan fingerprint density at radius 2 is 1.78 bits per heavy atom. The number of hydrogen-bond donors (Lipinski definition) is 1. The molecule has 0 bridgehead atoms. The van der Waals surface area contributed by atoms with E-state index >= 15 is 0 Å². The molecule has 0 unspecified atom stereocenters. The lowest BCUT2D eigenvalue weighted by atomic mass is 10.2. The van der Waals surface area contributed by atoms with Gasteiger partial charge in [0.05, 0.1) is 0 Å². The predicted molar refractivity (Wildman–Crippen MR) is 70.9 cm³/mol. The standard InChI is InChI=1S/C13H9BrF2N2/c14-10-6-9(15)7-11(16)12(10)18-13(17)8-4-2-1-3-5-8/h1-7H,(H2,17,18). The number of nitrogens with zero attached hydrogens (tertiary/aromatic N) is 1. The Bertz CT molecular complexity index is 574. The highest BCUT2D eigenvalue weighted by atomic mass is 79.9. The SMILES string of the molecule is NC(=Nc1c(F)cc(F)cc1Br)c1ccccc1. The molecule has 2 rings (SSSR count). The summed E-state index contributed by atoms with van der Waals surface area (Å²) in [5, 5.41) is 0. The van der Waals surface area contributed by atoms with E-state index in [0.29, 0.717) is 5.56 Å². The minimum absolute atomic E-state index is 0.0160. The van der Waals surface area contributed by atoms with Crippen molar-refractivity contribution >= 4 is 27.5 Å². The molecule has 0 aliphatic carbocycles. The van der Waals surface area contributed by atoms with Crippen LogP contribution in [0.5, 0.6) is 0 Å². The van der Waals surface area contributed by atoms with E-state index in [2.05, 4.69) is 20.9 Å². The third kappa shape index (κ3) is 2.73. The first kappa shape index (κ1) is 12.7. The number of benzene rings is 2. The molecule has 0 aromatic heterocycles. The molecule has 0 saturated carbocycles. The summed E-state index contributed by atoms with van der Waals surface area (Å²) in [6.45, 7) is 0. The molecule has 5 heteroatoms. The zero-order chi connectivity index (χ0) is 13.1. The molecule has 2 nitrogen and oxygen atoms in total. The highest BCUT2D eigenvalue weighted by Gasteiger charge is 2.09. The van der Waals surface area contributed by atoms with Crippen LogP contribution in [0.1, 0.15) is 5.56 Å². The van der Waals surface area contributed by atoms with E-state index in [0.717, 1.165) is 12.1 Å². The lowest BCUT2D eigenvalue weighted by Gasteiger charge is -2.04. The first-order chi connectivity index (χ1) is 8.58. The Kier molecular flexibility index (Phi) is 3.72. The highest BCUT2D eigenvalue weighted by molar-refractivity contribution is 9.10. The highest BCUT2D eigenvalue weighted by Crippen LogP contribution is 2.29. The van der Waals surface area contributed by atoms with Gasteiger partial charge in [-0.15, -0.1) is 0 Å². The summed E-state index contributed by atoms with van der Waals surface area (Å²) in [4.78, 5) is 3.98. The molecule has 2 aromatic rings. The van der Waals surface area contributed by atoms with Crippen molar-refractivity contribution in [2.45, 2.75) is 0 Å². The molecule has 0 radical (unpaired) electrons. The van der Waals surface area contributed by atoms with Gasteiger partial charge >= 0.3 is 0 Å². The summed E-state index contributed by atoms with van der Waals surface area (Å²) in [6.07, 6.45) is 0. The maximum Gasteiger partial charge on any atom is 0.152 e. The van der Waals surface area contributed by atoms with Gasteiger partial charge in [0, 0.05) is 16.1 Å². The number of nitrogens with two attached hydrogens (primary N) is 1. The van der Waals surface area contributed by atoms with Crippen molar-refractivity contribution in [3.8, 4) is 0 Å². The Morgan fingerprint density at radius 3 is 2.39 bits per heavy atom. The van der Waals surface area contributed by atoms with Gasteiger partial charge in [0.1, 0.15) is 17.3 Å². The maximum atomic E-state index is 13.6. The summed E-state index contributed by atoms with van der Waals surface area (Å²) in [6, 6.07) is 10.9. The maximum absolute atomic E-state index is 13.6. The van der Waals surface area contributed by atoms with Crippen molar-refractivity contribution in [2.24, 2.45) is 10.7 Å². The minimum atomic E-state index is -0.763. The zero-order valence-corrected chi connectivity index (χ0v) is 10.8. The smallest absolute Gasteiger partial charge is 0.152 e. The summed E-state index contributed by atoms with van der Waals surface area (Å²) in [7, 11) is 0. The van der Waals surface area contributed by atoms with Crippen molar-refractivity contribution in [2.75, 3.05) is 0 Å². The summed E-state index contributed by atoms with van der Waals surface area (Å²) < 4.78 is 26.7. The van der Waals surface area contributed by atoms with Crippen LogP contribution in [0, 0.1) is 11.6 Å². The van der Waals surface area contributed by atoms with E-state index in [9.17, 15) is 8.78 Å². The fourth-order valence-corrected chi connectivity index (χ4v) is 1.93. The number of rotatable bonds is 2. The first-order valence-electron chi connectivity index (χ1n) is 5.12. The van der Waals surface area contributed by atoms with Crippen LogP contribution in [0.3, 0.4) is 0 Å². The molecular weight excluding hydrogens is 302 g/mol. The number of halogens is 3. The predicted octanol–water partition coefficient (Wildman–Crippen LogP) is 3.76. The molecule has 0 aliphatic heterocycles. The van der Waals surface area contributed by atoms with Crippen LogP contribution >= 0.6 is 15.9 Å². The molecule has 0 aliphatic rings. The largest absolute Gasteiger partial charge is 0.383 e. The topological polar surface area (TPSA) is 38.4 Å². The summed E-state index contributed by atoms with van der Waals surface area (Å²) in [5.41, 5.74) is 6.43. The summed E-state index contributed by atoms with van der Waals surface area (Å²) in [5.74, 6) is -1.26. The first-order valence-corrected chi connectivity index (χ1v) is 5.91. The van der Waals surface area contributed by atoms with E-state index in [1.54, 1.807) is 24.3 Å². The third-order valence-electron chi connectivity index (χ3n) is 2.28. The van der Waals surface area contributed by atoms with Crippen molar-refractivity contribution in [1.82, 2.24) is 0 Å². The monoisotopic (exact) mass is 310 g/mol. The van der Waals surface area contributed by atoms with E-state index in [1.807, 2.05) is 6.07 Å². The van der Waals surface area contributed by atoms with Crippen LogP contribution < -0.4 is 5.73 Å². The average molecular weight is 311 g/mol. The molecule has 0 spiro atoms. The average Bonchev–Trinajstić information content (AvgIpc) is 2.34. The fourth-order valence-electron chi connectivity index (χ4n) is 1.44. The lowest BCUT2D eigenvalue weighted by molar-refractivity contribution is 0.583. The van der Waals surface area contributed by atoms with Gasteiger partial charge in [0.2, 0.25) is 0 Å². The Hall–Kier alpha value is -1.75. The Morgan fingerprint density at radius 1 is 1.11 bits per heavy atom. The number of hydrogen-bond acceptors (Lipinski definition) is 1. The van der Waals surface area contributed by atoms with Crippen LogP contribution in [0.15, 0.2) is 51.9 Å². The Labute approximate surface area is 111 Å². The van der Waals surface area contributed by atoms with E-state index in [4.69, 9.17) is 5.73 Å². The number of aliphatic imine (C=N–C) groups is 1. The molecule has 92 valence electrons. The molecule has 0 atom stereocenters. The van der Waals surface area contributed by atoms with Crippen LogP contribution in [0.25, 0.3) is 0 Å². The van der Waals surface area contributed by atoms with Gasteiger partial charge in [0.15, 0.2) is 5.82 Å². The molecule has 0 fully saturated rings. The second kappa shape index (κ2) is 5.27. The molecule has 0 heterocycles. The van der Waals surface area contributed by atoms with Gasteiger partial charge in [0.25, 0.3) is 0 Å². The second-order valence-corrected chi connectivity index (χ2v) is 4.44. The molecule has 0 amide bonds. The van der Waals surface area contributed by atoms with Crippen LogP contribution in [0.4, 0.5) is 14.5 Å². The minimum Gasteiger partial charge on any atom is -0.383 e. The normalized spacial score (nSPS) is 11.6. The number of amidine groups is 1. The zero-order valence-electron chi connectivity index (χ0n) is 9.20. The van der Waals surface area contributed by atoms with Gasteiger partial charge < -0.3 is 5.73 Å². The molecule has 2 aromatic carbocycles. The van der Waals surface area contributed by atoms with E-state index < -0.39 is 11.6 Å². The van der Waals surface area contributed by atoms with Crippen molar-refractivity contribution in [1.29, 1.82) is 0 Å². The second-order valence-electron chi connectivity index (χ2n) is 3.58. The van der Waals surface area contributed by atoms with E-state index in [-0.39, 0.29) is 16.0 Å². The lowest BCUT2D eigenvalue weighted by Crippen LogP contribution is -2.12. The van der Waals surface area contributed by atoms with Crippen LogP contribution in [-0.4, -0.2) is 5.84 Å². The van der Waals surface area contributed by atoms with Gasteiger partial charge in [-0.3, -0.25) is 0 Å². The molecular formula is C13H9BrF2N2. The Balaban J connectivity index is 2.45. The van der Waals surface area contributed by atoms with Gasteiger partial charge in [-0.25, -0.2) is 13.8 Å². The van der Waals surface area contributed by atoms with Crippen molar-refractivity contribution in [3.63, 3.8) is 0 Å². The molecule has 18 heavy (non-hydrogen) atoms. The summed E-state index contributed by atoms with van der Waals surface area (Å²) >= 11 is 3.06. The molecule has 0 saturated heterocycles.